The molecule has 2 unspecified atom stereocenters. The van der Waals surface area contributed by atoms with Gasteiger partial charge in [-0.2, -0.15) is 0 Å². The van der Waals surface area contributed by atoms with Gasteiger partial charge in [-0.1, -0.05) is 0 Å². The summed E-state index contributed by atoms with van der Waals surface area (Å²) in [6.07, 6.45) is 2.39. The number of piperidine rings is 1. The Bertz CT molecular complexity index is 366. The Kier molecular flexibility index (Phi) is 3.85. The van der Waals surface area contributed by atoms with Gasteiger partial charge >= 0.3 is 5.97 Å². The lowest BCUT2D eigenvalue weighted by Gasteiger charge is -2.35. The molecule has 19 heavy (non-hydrogen) atoms. The van der Waals surface area contributed by atoms with E-state index in [1.54, 1.807) is 4.90 Å². The van der Waals surface area contributed by atoms with Gasteiger partial charge in [-0.25, -0.2) is 0 Å². The number of ether oxygens (including phenoxy) is 1. The largest absolute Gasteiger partial charge is 0.481 e. The van der Waals surface area contributed by atoms with E-state index >= 15 is 0 Å². The second kappa shape index (κ2) is 5.12. The van der Waals surface area contributed by atoms with E-state index < -0.39 is 11.9 Å². The summed E-state index contributed by atoms with van der Waals surface area (Å²) in [5.74, 6) is -1.56. The number of nitrogens with zero attached hydrogens (tertiary/aromatic N) is 1. The molecule has 2 rings (SSSR count). The SMILES string of the molecule is CC(C)(C)OC1CCN(C(=O)C2CC2C(=O)O)CC1. The van der Waals surface area contributed by atoms with Crippen LogP contribution in [-0.2, 0) is 14.3 Å². The van der Waals surface area contributed by atoms with Crippen LogP contribution in [0.2, 0.25) is 0 Å². The fraction of sp³-hybridized carbons (Fsp3) is 0.857. The number of likely N-dealkylation sites (tertiary alicyclic amines) is 1. The lowest BCUT2D eigenvalue weighted by Crippen LogP contribution is -2.43. The van der Waals surface area contributed by atoms with E-state index in [1.807, 2.05) is 20.8 Å². The predicted octanol–water partition coefficient (Wildman–Crippen LogP) is 1.51. The highest BCUT2D eigenvalue weighted by Gasteiger charge is 2.50. The molecule has 5 nitrogen and oxygen atoms in total. The zero-order valence-electron chi connectivity index (χ0n) is 11.9. The van der Waals surface area contributed by atoms with E-state index in [0.29, 0.717) is 19.5 Å². The van der Waals surface area contributed by atoms with Gasteiger partial charge in [-0.3, -0.25) is 9.59 Å². The van der Waals surface area contributed by atoms with Gasteiger partial charge in [0.2, 0.25) is 5.91 Å². The van der Waals surface area contributed by atoms with Crippen molar-refractivity contribution >= 4 is 11.9 Å². The molecule has 0 radical (unpaired) electrons. The van der Waals surface area contributed by atoms with E-state index in [-0.39, 0.29) is 23.5 Å². The number of rotatable bonds is 3. The molecule has 1 saturated carbocycles. The minimum absolute atomic E-state index is 0.0154. The van der Waals surface area contributed by atoms with Gasteiger partial charge in [0.05, 0.1) is 23.5 Å². The van der Waals surface area contributed by atoms with Crippen LogP contribution in [-0.4, -0.2) is 46.7 Å². The molecular weight excluding hydrogens is 246 g/mol. The van der Waals surface area contributed by atoms with Gasteiger partial charge in [0.25, 0.3) is 0 Å². The van der Waals surface area contributed by atoms with Gasteiger partial charge < -0.3 is 14.7 Å². The molecule has 2 aliphatic rings. The Morgan fingerprint density at radius 2 is 1.74 bits per heavy atom. The molecule has 0 aromatic carbocycles. The van der Waals surface area contributed by atoms with Crippen LogP contribution in [0, 0.1) is 11.8 Å². The summed E-state index contributed by atoms with van der Waals surface area (Å²) in [5.41, 5.74) is -0.151. The molecule has 2 atom stereocenters. The van der Waals surface area contributed by atoms with E-state index in [1.165, 1.54) is 0 Å². The zero-order chi connectivity index (χ0) is 14.2. The third-order valence-electron chi connectivity index (χ3n) is 3.70. The van der Waals surface area contributed by atoms with Crippen molar-refractivity contribution in [3.05, 3.63) is 0 Å². The minimum atomic E-state index is -0.843. The number of carboxylic acids is 1. The molecule has 1 aliphatic heterocycles. The monoisotopic (exact) mass is 269 g/mol. The predicted molar refractivity (Wildman–Crippen MR) is 69.7 cm³/mol. The first-order valence-corrected chi connectivity index (χ1v) is 6.97. The first-order chi connectivity index (χ1) is 8.78. The van der Waals surface area contributed by atoms with Crippen LogP contribution in [0.4, 0.5) is 0 Å². The topological polar surface area (TPSA) is 66.8 Å². The van der Waals surface area contributed by atoms with Crippen LogP contribution in [0.25, 0.3) is 0 Å². The minimum Gasteiger partial charge on any atom is -0.481 e. The van der Waals surface area contributed by atoms with Crippen molar-refractivity contribution in [3.8, 4) is 0 Å². The van der Waals surface area contributed by atoms with Crippen molar-refractivity contribution in [2.24, 2.45) is 11.8 Å². The van der Waals surface area contributed by atoms with Crippen molar-refractivity contribution in [3.63, 3.8) is 0 Å². The molecule has 0 spiro atoms. The quantitative estimate of drug-likeness (QED) is 0.843. The first kappa shape index (κ1) is 14.3. The second-order valence-electron chi connectivity index (χ2n) is 6.54. The smallest absolute Gasteiger partial charge is 0.307 e. The Morgan fingerprint density at radius 1 is 1.16 bits per heavy atom. The number of aliphatic carboxylic acids is 1. The lowest BCUT2D eigenvalue weighted by atomic mass is 10.1. The van der Waals surface area contributed by atoms with Crippen LogP contribution in [0.15, 0.2) is 0 Å². The number of carbonyl (C=O) groups is 2. The molecule has 1 saturated heterocycles. The van der Waals surface area contributed by atoms with Crippen molar-refractivity contribution in [1.82, 2.24) is 4.90 Å². The van der Waals surface area contributed by atoms with E-state index in [2.05, 4.69) is 0 Å². The van der Waals surface area contributed by atoms with Crippen LogP contribution < -0.4 is 0 Å². The molecule has 0 aromatic rings. The highest BCUT2D eigenvalue weighted by molar-refractivity contribution is 5.89. The summed E-state index contributed by atoms with van der Waals surface area (Å²) in [5, 5.41) is 8.85. The van der Waals surface area contributed by atoms with Crippen molar-refractivity contribution in [1.29, 1.82) is 0 Å². The molecule has 5 heteroatoms. The highest BCUT2D eigenvalue weighted by atomic mass is 16.5. The fourth-order valence-corrected chi connectivity index (χ4v) is 2.67. The summed E-state index contributed by atoms with van der Waals surface area (Å²) >= 11 is 0. The third-order valence-corrected chi connectivity index (χ3v) is 3.70. The molecule has 1 N–H and O–H groups in total. The number of amides is 1. The summed E-state index contributed by atoms with van der Waals surface area (Å²) in [4.78, 5) is 24.7. The molecule has 1 aliphatic carbocycles. The summed E-state index contributed by atoms with van der Waals surface area (Å²) in [6.45, 7) is 7.47. The zero-order valence-corrected chi connectivity index (χ0v) is 11.9. The number of hydrogen-bond acceptors (Lipinski definition) is 3. The van der Waals surface area contributed by atoms with Gasteiger partial charge in [-0.05, 0) is 40.0 Å². The highest BCUT2D eigenvalue weighted by Crippen LogP contribution is 2.40. The maximum atomic E-state index is 12.1. The normalized spacial score (nSPS) is 28.3. The summed E-state index contributed by atoms with van der Waals surface area (Å²) in [7, 11) is 0. The van der Waals surface area contributed by atoms with Gasteiger partial charge in [-0.15, -0.1) is 0 Å². The number of carbonyl (C=O) groups excluding carboxylic acids is 1. The molecular formula is C14H23NO4. The third kappa shape index (κ3) is 3.69. The fourth-order valence-electron chi connectivity index (χ4n) is 2.67. The summed E-state index contributed by atoms with van der Waals surface area (Å²) in [6, 6.07) is 0. The molecule has 1 heterocycles. The van der Waals surface area contributed by atoms with E-state index in [9.17, 15) is 9.59 Å². The van der Waals surface area contributed by atoms with Crippen molar-refractivity contribution in [2.75, 3.05) is 13.1 Å². The van der Waals surface area contributed by atoms with Gasteiger partial charge in [0.15, 0.2) is 0 Å². The maximum Gasteiger partial charge on any atom is 0.307 e. The van der Waals surface area contributed by atoms with Crippen LogP contribution in [0.5, 0.6) is 0 Å². The Labute approximate surface area is 113 Å². The molecule has 108 valence electrons. The molecule has 0 aromatic heterocycles. The Morgan fingerprint density at radius 3 is 2.16 bits per heavy atom. The van der Waals surface area contributed by atoms with E-state index in [0.717, 1.165) is 12.8 Å². The maximum absolute atomic E-state index is 12.1. The molecule has 0 bridgehead atoms. The van der Waals surface area contributed by atoms with Crippen LogP contribution in [0.1, 0.15) is 40.0 Å². The van der Waals surface area contributed by atoms with Gasteiger partial charge in [0, 0.05) is 13.1 Å². The number of hydrogen-bond donors (Lipinski definition) is 1. The molecule has 1 amide bonds. The lowest BCUT2D eigenvalue weighted by molar-refractivity contribution is -0.143. The standard InChI is InChI=1S/C14H23NO4/c1-14(2,3)19-9-4-6-15(7-5-9)12(16)10-8-11(10)13(17)18/h9-11H,4-8H2,1-3H3,(H,17,18). The first-order valence-electron chi connectivity index (χ1n) is 6.97. The number of carboxylic acid groups (broad SMARTS) is 1. The van der Waals surface area contributed by atoms with E-state index in [4.69, 9.17) is 9.84 Å². The second-order valence-corrected chi connectivity index (χ2v) is 6.54. The average molecular weight is 269 g/mol. The van der Waals surface area contributed by atoms with Gasteiger partial charge in [0.1, 0.15) is 0 Å². The van der Waals surface area contributed by atoms with Crippen molar-refractivity contribution < 1.29 is 19.4 Å². The molecule has 2 fully saturated rings. The average Bonchev–Trinajstić information content (AvgIpc) is 3.07. The summed E-state index contributed by atoms with van der Waals surface area (Å²) < 4.78 is 5.91. The van der Waals surface area contributed by atoms with Crippen LogP contribution >= 0.6 is 0 Å². The van der Waals surface area contributed by atoms with Crippen LogP contribution in [0.3, 0.4) is 0 Å². The Hall–Kier alpha value is -1.10. The van der Waals surface area contributed by atoms with Crippen molar-refractivity contribution in [2.45, 2.75) is 51.7 Å². The Balaban J connectivity index is 1.78.